The number of rotatable bonds is 7. The van der Waals surface area contributed by atoms with Crippen molar-refractivity contribution in [3.63, 3.8) is 0 Å². The second kappa shape index (κ2) is 11.8. The Morgan fingerprint density at radius 2 is 2.06 bits per heavy atom. The van der Waals surface area contributed by atoms with Crippen LogP contribution in [0.3, 0.4) is 0 Å². The summed E-state index contributed by atoms with van der Waals surface area (Å²) < 4.78 is 33.4. The normalized spacial score (nSPS) is 18.4. The van der Waals surface area contributed by atoms with Crippen molar-refractivity contribution >= 4 is 39.8 Å². The van der Waals surface area contributed by atoms with Crippen LogP contribution in [0.15, 0.2) is 52.6 Å². The zero-order valence-electron chi connectivity index (χ0n) is 18.3. The topological polar surface area (TPSA) is 88.8 Å². The highest BCUT2D eigenvalue weighted by Gasteiger charge is 2.27. The van der Waals surface area contributed by atoms with Crippen molar-refractivity contribution in [3.8, 4) is 0 Å². The molecule has 2 atom stereocenters. The fraction of sp³-hybridized carbons (Fsp3) is 0.524. The molecular weight excluding hydrogens is 529 g/mol. The number of morpholine rings is 1. The second-order valence-corrected chi connectivity index (χ2v) is 9.43. The van der Waals surface area contributed by atoms with Gasteiger partial charge in [0.25, 0.3) is 0 Å². The number of aromatic nitrogens is 2. The maximum absolute atomic E-state index is 12.8. The van der Waals surface area contributed by atoms with Crippen molar-refractivity contribution in [2.24, 2.45) is 12.0 Å². The van der Waals surface area contributed by atoms with Crippen molar-refractivity contribution in [1.82, 2.24) is 20.0 Å². The molecule has 1 aliphatic heterocycles. The van der Waals surface area contributed by atoms with Crippen LogP contribution in [0, 0.1) is 0 Å². The van der Waals surface area contributed by atoms with E-state index in [9.17, 15) is 8.42 Å². The Hall–Kier alpha value is -1.66. The van der Waals surface area contributed by atoms with Gasteiger partial charge in [-0.15, -0.1) is 24.0 Å². The second-order valence-electron chi connectivity index (χ2n) is 7.39. The van der Waals surface area contributed by atoms with E-state index in [1.807, 2.05) is 39.4 Å². The van der Waals surface area contributed by atoms with E-state index in [4.69, 9.17) is 4.74 Å². The number of guanidine groups is 1. The smallest absolute Gasteiger partial charge is 0.194 e. The average molecular weight is 561 g/mol. The summed E-state index contributed by atoms with van der Waals surface area (Å²) in [4.78, 5) is 7.12. The van der Waals surface area contributed by atoms with Crippen LogP contribution in [0.2, 0.25) is 0 Å². The van der Waals surface area contributed by atoms with E-state index in [0.717, 1.165) is 11.5 Å². The maximum atomic E-state index is 12.8. The first-order valence-corrected chi connectivity index (χ1v) is 12.0. The number of halogens is 1. The molecule has 2 unspecified atom stereocenters. The monoisotopic (exact) mass is 561 g/mol. The predicted molar refractivity (Wildman–Crippen MR) is 133 cm³/mol. The molecule has 10 heteroatoms. The van der Waals surface area contributed by atoms with Crippen LogP contribution in [0.1, 0.15) is 31.9 Å². The summed E-state index contributed by atoms with van der Waals surface area (Å²) in [7, 11) is -1.50. The van der Waals surface area contributed by atoms with E-state index in [2.05, 4.69) is 20.3 Å². The summed E-state index contributed by atoms with van der Waals surface area (Å²) >= 11 is 0. The van der Waals surface area contributed by atoms with Crippen molar-refractivity contribution < 1.29 is 13.2 Å². The lowest BCUT2D eigenvalue weighted by Gasteiger charge is -2.36. The molecule has 1 aliphatic rings. The Bertz CT molecular complexity index is 949. The van der Waals surface area contributed by atoms with Crippen LogP contribution in [-0.4, -0.2) is 67.1 Å². The molecule has 1 fully saturated rings. The molecular formula is C21H32IN5O3S. The van der Waals surface area contributed by atoms with Crippen LogP contribution in [0.4, 0.5) is 0 Å². The molecule has 0 saturated carbocycles. The van der Waals surface area contributed by atoms with Gasteiger partial charge in [0.1, 0.15) is 6.10 Å². The summed E-state index contributed by atoms with van der Waals surface area (Å²) in [5.41, 5.74) is 1.02. The lowest BCUT2D eigenvalue weighted by molar-refractivity contribution is -0.00823. The van der Waals surface area contributed by atoms with E-state index in [1.165, 1.54) is 0 Å². The first-order valence-electron chi connectivity index (χ1n) is 10.4. The number of nitrogens with zero attached hydrogens (tertiary/aromatic N) is 4. The minimum absolute atomic E-state index is 0. The first-order chi connectivity index (χ1) is 14.4. The van der Waals surface area contributed by atoms with E-state index < -0.39 is 9.84 Å². The summed E-state index contributed by atoms with van der Waals surface area (Å²) in [5, 5.41) is 7.63. The summed E-state index contributed by atoms with van der Waals surface area (Å²) in [6.07, 6.45) is 4.36. The van der Waals surface area contributed by atoms with Gasteiger partial charge in [0.2, 0.25) is 0 Å². The van der Waals surface area contributed by atoms with Crippen molar-refractivity contribution in [2.45, 2.75) is 37.3 Å². The molecule has 0 amide bonds. The summed E-state index contributed by atoms with van der Waals surface area (Å²) in [6.45, 7) is 6.48. The van der Waals surface area contributed by atoms with Crippen molar-refractivity contribution in [1.29, 1.82) is 0 Å². The molecule has 1 saturated heterocycles. The zero-order chi connectivity index (χ0) is 21.6. The van der Waals surface area contributed by atoms with Gasteiger partial charge in [0, 0.05) is 37.9 Å². The molecule has 1 aromatic carbocycles. The molecule has 1 N–H and O–H groups in total. The van der Waals surface area contributed by atoms with Crippen LogP contribution in [0.25, 0.3) is 0 Å². The Morgan fingerprint density at radius 3 is 2.68 bits per heavy atom. The van der Waals surface area contributed by atoms with Gasteiger partial charge in [-0.2, -0.15) is 5.10 Å². The van der Waals surface area contributed by atoms with Gasteiger partial charge in [-0.05, 0) is 25.5 Å². The number of benzene rings is 1. The Kier molecular flexibility index (Phi) is 9.76. The van der Waals surface area contributed by atoms with E-state index in [-0.39, 0.29) is 41.9 Å². The number of nitrogens with one attached hydrogen (secondary N) is 1. The van der Waals surface area contributed by atoms with E-state index in [1.54, 1.807) is 28.9 Å². The molecule has 0 spiro atoms. The summed E-state index contributed by atoms with van der Waals surface area (Å²) in [6, 6.07) is 8.36. The highest BCUT2D eigenvalue weighted by Crippen LogP contribution is 2.22. The third kappa shape index (κ3) is 6.91. The molecule has 2 aromatic rings. The van der Waals surface area contributed by atoms with Gasteiger partial charge < -0.3 is 15.0 Å². The van der Waals surface area contributed by atoms with Crippen LogP contribution >= 0.6 is 24.0 Å². The molecule has 0 bridgehead atoms. The van der Waals surface area contributed by atoms with Gasteiger partial charge in [0.05, 0.1) is 30.0 Å². The fourth-order valence-electron chi connectivity index (χ4n) is 3.47. The predicted octanol–water partition coefficient (Wildman–Crippen LogP) is 2.63. The SMILES string of the molecule is CCN=C(NC(CC)CS(=O)(=O)c1ccccc1)N1CCOC(c2cnn(C)c2)C1.I. The minimum Gasteiger partial charge on any atom is -0.370 e. The maximum Gasteiger partial charge on any atom is 0.194 e. The average Bonchev–Trinajstić information content (AvgIpc) is 3.20. The third-order valence-corrected chi connectivity index (χ3v) is 6.95. The number of sulfone groups is 1. The Balaban J connectivity index is 0.00000341. The van der Waals surface area contributed by atoms with Crippen molar-refractivity contribution in [3.05, 3.63) is 48.3 Å². The van der Waals surface area contributed by atoms with Crippen LogP contribution in [-0.2, 0) is 21.6 Å². The van der Waals surface area contributed by atoms with Gasteiger partial charge >= 0.3 is 0 Å². The first kappa shape index (κ1) is 25.6. The Morgan fingerprint density at radius 1 is 1.32 bits per heavy atom. The fourth-order valence-corrected chi connectivity index (χ4v) is 5.08. The number of hydrogen-bond donors (Lipinski definition) is 1. The number of hydrogen-bond acceptors (Lipinski definition) is 5. The van der Waals surface area contributed by atoms with E-state index in [0.29, 0.717) is 37.6 Å². The molecule has 1 aromatic heterocycles. The van der Waals surface area contributed by atoms with Gasteiger partial charge in [-0.3, -0.25) is 9.67 Å². The molecule has 0 aliphatic carbocycles. The lowest BCUT2D eigenvalue weighted by Crippen LogP contribution is -2.52. The molecule has 172 valence electrons. The van der Waals surface area contributed by atoms with Crippen LogP contribution in [0.5, 0.6) is 0 Å². The van der Waals surface area contributed by atoms with Gasteiger partial charge in [0.15, 0.2) is 15.8 Å². The summed E-state index contributed by atoms with van der Waals surface area (Å²) in [5.74, 6) is 0.747. The third-order valence-electron chi connectivity index (χ3n) is 5.12. The van der Waals surface area contributed by atoms with Crippen molar-refractivity contribution in [2.75, 3.05) is 32.0 Å². The zero-order valence-corrected chi connectivity index (χ0v) is 21.4. The highest BCUT2D eigenvalue weighted by molar-refractivity contribution is 14.0. The molecule has 3 rings (SSSR count). The lowest BCUT2D eigenvalue weighted by atomic mass is 10.1. The number of aryl methyl sites for hydroxylation is 1. The minimum atomic E-state index is -3.39. The molecule has 8 nitrogen and oxygen atoms in total. The highest BCUT2D eigenvalue weighted by atomic mass is 127. The molecule has 0 radical (unpaired) electrons. The van der Waals surface area contributed by atoms with Crippen LogP contribution < -0.4 is 5.32 Å². The largest absolute Gasteiger partial charge is 0.370 e. The quantitative estimate of drug-likeness (QED) is 0.318. The van der Waals surface area contributed by atoms with Gasteiger partial charge in [-0.1, -0.05) is 25.1 Å². The number of aliphatic imine (C=N–C) groups is 1. The van der Waals surface area contributed by atoms with Gasteiger partial charge in [-0.25, -0.2) is 8.42 Å². The number of ether oxygens (including phenoxy) is 1. The molecule has 2 heterocycles. The standard InChI is InChI=1S/C21H31N5O3S.HI/c1-4-18(16-30(27,28)19-9-7-6-8-10-19)24-21(22-5-2)26-11-12-29-20(15-26)17-13-23-25(3)14-17;/h6-10,13-14,18,20H,4-5,11-12,15-16H2,1-3H3,(H,22,24);1H. The Labute approximate surface area is 202 Å². The van der Waals surface area contributed by atoms with E-state index >= 15 is 0 Å². The molecule has 31 heavy (non-hydrogen) atoms.